The molecule has 1 aliphatic heterocycles. The molecule has 1 fully saturated rings. The zero-order chi connectivity index (χ0) is 19.1. The van der Waals surface area contributed by atoms with Gasteiger partial charge >= 0.3 is 5.97 Å². The van der Waals surface area contributed by atoms with Crippen LogP contribution in [0.25, 0.3) is 5.76 Å². The molecule has 0 saturated heterocycles. The van der Waals surface area contributed by atoms with Crippen molar-refractivity contribution >= 4 is 11.7 Å². The SMILES string of the molecule is C=C(O)c1ccccc1CN1C=C(COC(=O)CCC2CCCCC2)NN1. The lowest BCUT2D eigenvalue weighted by atomic mass is 9.86. The largest absolute Gasteiger partial charge is 0.508 e. The fourth-order valence-corrected chi connectivity index (χ4v) is 3.71. The minimum absolute atomic E-state index is 0.0499. The lowest BCUT2D eigenvalue weighted by Crippen LogP contribution is -2.36. The van der Waals surface area contributed by atoms with Gasteiger partial charge in [-0.1, -0.05) is 62.9 Å². The number of carbonyl (C=O) groups excluding carboxylic acids is 1. The van der Waals surface area contributed by atoms with Gasteiger partial charge in [-0.05, 0) is 17.9 Å². The van der Waals surface area contributed by atoms with Gasteiger partial charge in [0, 0.05) is 18.2 Å². The number of rotatable bonds is 8. The summed E-state index contributed by atoms with van der Waals surface area (Å²) in [5, 5.41) is 11.5. The monoisotopic (exact) mass is 371 g/mol. The van der Waals surface area contributed by atoms with Crippen LogP contribution < -0.4 is 11.0 Å². The second kappa shape index (κ2) is 9.46. The Kier molecular flexibility index (Phi) is 6.76. The van der Waals surface area contributed by atoms with Crippen molar-refractivity contribution in [2.45, 2.75) is 51.5 Å². The number of benzene rings is 1. The van der Waals surface area contributed by atoms with E-state index in [-0.39, 0.29) is 18.3 Å². The first-order chi connectivity index (χ1) is 13.1. The number of hydrazine groups is 2. The summed E-state index contributed by atoms with van der Waals surface area (Å²) in [5.74, 6) is 0.603. The molecule has 6 nitrogen and oxygen atoms in total. The number of aliphatic hydroxyl groups excluding tert-OH is 1. The van der Waals surface area contributed by atoms with Gasteiger partial charge in [0.15, 0.2) is 0 Å². The number of nitrogens with one attached hydrogen (secondary N) is 2. The quantitative estimate of drug-likeness (QED) is 0.477. The van der Waals surface area contributed by atoms with Crippen molar-refractivity contribution in [3.63, 3.8) is 0 Å². The van der Waals surface area contributed by atoms with Crippen LogP contribution in [0.3, 0.4) is 0 Å². The van der Waals surface area contributed by atoms with Crippen LogP contribution in [0.15, 0.2) is 42.7 Å². The van der Waals surface area contributed by atoms with Crippen LogP contribution in [0.2, 0.25) is 0 Å². The van der Waals surface area contributed by atoms with Crippen LogP contribution in [0, 0.1) is 5.92 Å². The van der Waals surface area contributed by atoms with Crippen molar-refractivity contribution in [2.24, 2.45) is 5.92 Å². The summed E-state index contributed by atoms with van der Waals surface area (Å²) >= 11 is 0. The Labute approximate surface area is 160 Å². The number of aliphatic hydroxyl groups is 1. The summed E-state index contributed by atoms with van der Waals surface area (Å²) in [6.45, 7) is 4.37. The van der Waals surface area contributed by atoms with Gasteiger partial charge in [-0.15, -0.1) is 5.53 Å². The molecule has 0 bridgehead atoms. The van der Waals surface area contributed by atoms with Gasteiger partial charge in [0.1, 0.15) is 12.4 Å². The number of carbonyl (C=O) groups is 1. The molecular formula is C21H29N3O3. The van der Waals surface area contributed by atoms with Crippen molar-refractivity contribution in [1.29, 1.82) is 0 Å². The Bertz CT molecular complexity index is 696. The van der Waals surface area contributed by atoms with Gasteiger partial charge in [-0.3, -0.25) is 9.80 Å². The Morgan fingerprint density at radius 1 is 1.26 bits per heavy atom. The van der Waals surface area contributed by atoms with Crippen LogP contribution >= 0.6 is 0 Å². The molecule has 2 aliphatic rings. The molecule has 3 N–H and O–H groups in total. The predicted molar refractivity (Wildman–Crippen MR) is 105 cm³/mol. The molecule has 0 unspecified atom stereocenters. The van der Waals surface area contributed by atoms with Gasteiger partial charge in [-0.2, -0.15) is 0 Å². The lowest BCUT2D eigenvalue weighted by Gasteiger charge is -2.20. The fraction of sp³-hybridized carbons (Fsp3) is 0.476. The first-order valence-electron chi connectivity index (χ1n) is 9.72. The number of nitrogens with zero attached hydrogens (tertiary/aromatic N) is 1. The second-order valence-electron chi connectivity index (χ2n) is 7.33. The van der Waals surface area contributed by atoms with E-state index in [1.807, 2.05) is 35.5 Å². The van der Waals surface area contributed by atoms with E-state index < -0.39 is 0 Å². The highest BCUT2D eigenvalue weighted by Crippen LogP contribution is 2.27. The zero-order valence-corrected chi connectivity index (χ0v) is 15.7. The van der Waals surface area contributed by atoms with Gasteiger partial charge in [0.25, 0.3) is 0 Å². The summed E-state index contributed by atoms with van der Waals surface area (Å²) in [6.07, 6.45) is 9.74. The molecule has 0 amide bonds. The normalized spacial score (nSPS) is 17.3. The van der Waals surface area contributed by atoms with E-state index in [1.165, 1.54) is 32.1 Å². The van der Waals surface area contributed by atoms with E-state index in [9.17, 15) is 9.90 Å². The van der Waals surface area contributed by atoms with E-state index in [0.29, 0.717) is 18.9 Å². The molecule has 0 atom stereocenters. The first kappa shape index (κ1) is 19.3. The average Bonchev–Trinajstić information content (AvgIpc) is 3.13. The summed E-state index contributed by atoms with van der Waals surface area (Å²) in [5.41, 5.74) is 8.48. The maximum atomic E-state index is 12.0. The van der Waals surface area contributed by atoms with E-state index in [1.54, 1.807) is 0 Å². The molecule has 0 spiro atoms. The Morgan fingerprint density at radius 3 is 2.81 bits per heavy atom. The smallest absolute Gasteiger partial charge is 0.306 e. The fourth-order valence-electron chi connectivity index (χ4n) is 3.71. The molecule has 0 aromatic heterocycles. The lowest BCUT2D eigenvalue weighted by molar-refractivity contribution is -0.143. The molecule has 3 rings (SSSR count). The van der Waals surface area contributed by atoms with Gasteiger partial charge < -0.3 is 15.3 Å². The highest BCUT2D eigenvalue weighted by Gasteiger charge is 2.17. The first-order valence-corrected chi connectivity index (χ1v) is 9.72. The maximum Gasteiger partial charge on any atom is 0.306 e. The van der Waals surface area contributed by atoms with Crippen molar-refractivity contribution in [3.05, 3.63) is 53.9 Å². The number of hydrogen-bond donors (Lipinski definition) is 3. The topological polar surface area (TPSA) is 73.8 Å². The summed E-state index contributed by atoms with van der Waals surface area (Å²) in [4.78, 5) is 12.0. The molecule has 1 aromatic rings. The summed E-state index contributed by atoms with van der Waals surface area (Å²) in [6, 6.07) is 7.56. The van der Waals surface area contributed by atoms with Crippen molar-refractivity contribution in [3.8, 4) is 0 Å². The molecule has 1 heterocycles. The minimum Gasteiger partial charge on any atom is -0.508 e. The predicted octanol–water partition coefficient (Wildman–Crippen LogP) is 3.79. The van der Waals surface area contributed by atoms with Crippen LogP contribution in [0.5, 0.6) is 0 Å². The Morgan fingerprint density at radius 2 is 2.04 bits per heavy atom. The van der Waals surface area contributed by atoms with Crippen molar-refractivity contribution < 1.29 is 14.6 Å². The Hall–Kier alpha value is -2.47. The minimum atomic E-state index is -0.136. The zero-order valence-electron chi connectivity index (χ0n) is 15.7. The van der Waals surface area contributed by atoms with Crippen LogP contribution in [0.1, 0.15) is 56.1 Å². The molecule has 1 aliphatic carbocycles. The van der Waals surface area contributed by atoms with E-state index in [2.05, 4.69) is 17.5 Å². The van der Waals surface area contributed by atoms with Crippen LogP contribution in [-0.2, 0) is 16.1 Å². The Balaban J connectivity index is 1.42. The van der Waals surface area contributed by atoms with Gasteiger partial charge in [0.2, 0.25) is 0 Å². The molecule has 0 radical (unpaired) electrons. The second-order valence-corrected chi connectivity index (χ2v) is 7.33. The number of hydrogen-bond acceptors (Lipinski definition) is 6. The third kappa shape index (κ3) is 5.76. The highest BCUT2D eigenvalue weighted by molar-refractivity contribution is 5.69. The third-order valence-electron chi connectivity index (χ3n) is 5.21. The summed E-state index contributed by atoms with van der Waals surface area (Å²) in [7, 11) is 0. The standard InChI is InChI=1S/C21H29N3O3/c1-16(25)20-10-6-5-9-18(20)13-24-14-19(22-23-24)15-27-21(26)12-11-17-7-3-2-4-8-17/h5-6,9-10,14,17,22-23,25H,1-4,7-8,11-13,15H2. The molecule has 1 saturated carbocycles. The highest BCUT2D eigenvalue weighted by atomic mass is 16.5. The van der Waals surface area contributed by atoms with Crippen LogP contribution in [-0.4, -0.2) is 22.7 Å². The number of ether oxygens (including phenoxy) is 1. The van der Waals surface area contributed by atoms with Crippen molar-refractivity contribution in [1.82, 2.24) is 16.0 Å². The third-order valence-corrected chi connectivity index (χ3v) is 5.21. The number of esters is 1. The van der Waals surface area contributed by atoms with E-state index >= 15 is 0 Å². The van der Waals surface area contributed by atoms with Gasteiger partial charge in [-0.25, -0.2) is 0 Å². The average molecular weight is 371 g/mol. The summed E-state index contributed by atoms with van der Waals surface area (Å²) < 4.78 is 5.39. The maximum absolute atomic E-state index is 12.0. The molecular weight excluding hydrogens is 342 g/mol. The van der Waals surface area contributed by atoms with Crippen LogP contribution in [0.4, 0.5) is 0 Å². The van der Waals surface area contributed by atoms with E-state index in [4.69, 9.17) is 4.74 Å². The molecule has 6 heteroatoms. The molecule has 1 aromatic carbocycles. The molecule has 27 heavy (non-hydrogen) atoms. The van der Waals surface area contributed by atoms with E-state index in [0.717, 1.165) is 23.2 Å². The molecule has 146 valence electrons. The van der Waals surface area contributed by atoms with Gasteiger partial charge in [0.05, 0.1) is 12.2 Å². The van der Waals surface area contributed by atoms with Crippen molar-refractivity contribution in [2.75, 3.05) is 6.61 Å².